The van der Waals surface area contributed by atoms with Crippen LogP contribution in [0.3, 0.4) is 0 Å². The standard InChI is InChI=1S/C24H26N2O3/c1-16(2)20-5-3-4-18-13-19-14-26(10-11-27-24(19)25-23(18)20)9-8-17-6-7-21-22(12-17)29-15-28-21/h3-7,12-13,16H,8-11,14-15H2,1-2H3. The van der Waals surface area contributed by atoms with Crippen molar-refractivity contribution in [2.45, 2.75) is 32.7 Å². The van der Waals surface area contributed by atoms with Gasteiger partial charge < -0.3 is 14.2 Å². The van der Waals surface area contributed by atoms with Crippen molar-refractivity contribution in [3.63, 3.8) is 0 Å². The monoisotopic (exact) mass is 390 g/mol. The van der Waals surface area contributed by atoms with E-state index in [2.05, 4.69) is 55.1 Å². The molecule has 0 atom stereocenters. The lowest BCUT2D eigenvalue weighted by atomic mass is 9.99. The Kier molecular flexibility index (Phi) is 4.76. The topological polar surface area (TPSA) is 43.8 Å². The van der Waals surface area contributed by atoms with Crippen molar-refractivity contribution in [3.05, 3.63) is 59.2 Å². The molecule has 29 heavy (non-hydrogen) atoms. The Morgan fingerprint density at radius 3 is 2.83 bits per heavy atom. The highest BCUT2D eigenvalue weighted by molar-refractivity contribution is 5.83. The first kappa shape index (κ1) is 18.3. The molecule has 5 rings (SSSR count). The van der Waals surface area contributed by atoms with Crippen LogP contribution in [0, 0.1) is 0 Å². The van der Waals surface area contributed by atoms with Crippen molar-refractivity contribution >= 4 is 10.9 Å². The Morgan fingerprint density at radius 1 is 1.03 bits per heavy atom. The molecule has 0 spiro atoms. The fourth-order valence-electron chi connectivity index (χ4n) is 4.12. The van der Waals surface area contributed by atoms with Gasteiger partial charge in [-0.2, -0.15) is 0 Å². The van der Waals surface area contributed by atoms with Gasteiger partial charge in [0.2, 0.25) is 12.7 Å². The van der Waals surface area contributed by atoms with Gasteiger partial charge in [-0.3, -0.25) is 4.90 Å². The van der Waals surface area contributed by atoms with Gasteiger partial charge in [-0.15, -0.1) is 0 Å². The molecule has 0 bridgehead atoms. The molecule has 3 heterocycles. The summed E-state index contributed by atoms with van der Waals surface area (Å²) < 4.78 is 17.0. The van der Waals surface area contributed by atoms with E-state index in [1.165, 1.54) is 22.1 Å². The summed E-state index contributed by atoms with van der Waals surface area (Å²) >= 11 is 0. The maximum Gasteiger partial charge on any atom is 0.231 e. The highest BCUT2D eigenvalue weighted by atomic mass is 16.7. The third-order valence-electron chi connectivity index (χ3n) is 5.73. The molecular formula is C24H26N2O3. The van der Waals surface area contributed by atoms with Gasteiger partial charge in [0.15, 0.2) is 11.5 Å². The van der Waals surface area contributed by atoms with E-state index >= 15 is 0 Å². The minimum atomic E-state index is 0.318. The summed E-state index contributed by atoms with van der Waals surface area (Å²) in [5.74, 6) is 2.91. The largest absolute Gasteiger partial charge is 0.476 e. The number of benzene rings is 2. The quantitative estimate of drug-likeness (QED) is 0.655. The Labute approximate surface area is 171 Å². The molecule has 0 saturated heterocycles. The number of para-hydroxylation sites is 1. The molecule has 0 unspecified atom stereocenters. The van der Waals surface area contributed by atoms with Crippen LogP contribution in [0.5, 0.6) is 17.4 Å². The molecule has 150 valence electrons. The van der Waals surface area contributed by atoms with E-state index in [0.29, 0.717) is 19.3 Å². The highest BCUT2D eigenvalue weighted by Crippen LogP contribution is 2.33. The van der Waals surface area contributed by atoms with E-state index in [0.717, 1.165) is 49.0 Å². The number of hydrogen-bond acceptors (Lipinski definition) is 5. The Balaban J connectivity index is 1.35. The van der Waals surface area contributed by atoms with Gasteiger partial charge in [-0.1, -0.05) is 38.1 Å². The number of hydrogen-bond donors (Lipinski definition) is 0. The van der Waals surface area contributed by atoms with E-state index in [1.54, 1.807) is 0 Å². The summed E-state index contributed by atoms with van der Waals surface area (Å²) in [4.78, 5) is 7.35. The van der Waals surface area contributed by atoms with Crippen molar-refractivity contribution in [1.82, 2.24) is 9.88 Å². The van der Waals surface area contributed by atoms with Gasteiger partial charge in [0, 0.05) is 30.6 Å². The zero-order valence-corrected chi connectivity index (χ0v) is 17.0. The molecule has 2 aromatic carbocycles. The van der Waals surface area contributed by atoms with E-state index in [9.17, 15) is 0 Å². The van der Waals surface area contributed by atoms with Crippen LogP contribution >= 0.6 is 0 Å². The Bertz CT molecular complexity index is 1050. The predicted molar refractivity (Wildman–Crippen MR) is 113 cm³/mol. The van der Waals surface area contributed by atoms with Gasteiger partial charge in [0.05, 0.1) is 5.52 Å². The number of nitrogens with zero attached hydrogens (tertiary/aromatic N) is 2. The zero-order valence-electron chi connectivity index (χ0n) is 17.0. The normalized spacial score (nSPS) is 16.0. The van der Waals surface area contributed by atoms with Crippen molar-refractivity contribution in [2.75, 3.05) is 26.5 Å². The molecule has 5 heteroatoms. The molecule has 1 aromatic heterocycles. The van der Waals surface area contributed by atoms with Gasteiger partial charge in [-0.05, 0) is 41.7 Å². The van der Waals surface area contributed by atoms with Crippen LogP contribution < -0.4 is 14.2 Å². The SMILES string of the molecule is CC(C)c1cccc2cc3c(nc12)OCCN(CCc1ccc2c(c1)OCO2)C3. The first-order valence-corrected chi connectivity index (χ1v) is 10.3. The predicted octanol–water partition coefficient (Wildman–Crippen LogP) is 4.52. The van der Waals surface area contributed by atoms with E-state index in [1.807, 2.05) is 6.07 Å². The van der Waals surface area contributed by atoms with Crippen LogP contribution in [0.2, 0.25) is 0 Å². The van der Waals surface area contributed by atoms with Crippen LogP contribution in [0.1, 0.15) is 36.5 Å². The molecule has 0 N–H and O–H groups in total. The molecule has 0 aliphatic carbocycles. The lowest BCUT2D eigenvalue weighted by molar-refractivity contribution is 0.174. The fraction of sp³-hybridized carbons (Fsp3) is 0.375. The first-order valence-electron chi connectivity index (χ1n) is 10.3. The third-order valence-corrected chi connectivity index (χ3v) is 5.73. The average molecular weight is 390 g/mol. The number of ether oxygens (including phenoxy) is 3. The molecule has 0 amide bonds. The maximum absolute atomic E-state index is 6.04. The van der Waals surface area contributed by atoms with E-state index < -0.39 is 0 Å². The third kappa shape index (κ3) is 3.62. The maximum atomic E-state index is 6.04. The smallest absolute Gasteiger partial charge is 0.231 e. The molecule has 3 aromatic rings. The summed E-state index contributed by atoms with van der Waals surface area (Å²) in [6.45, 7) is 8.12. The molecule has 2 aliphatic heterocycles. The van der Waals surface area contributed by atoms with Gasteiger partial charge in [0.1, 0.15) is 6.61 Å². The van der Waals surface area contributed by atoms with Gasteiger partial charge in [-0.25, -0.2) is 4.98 Å². The molecule has 2 aliphatic rings. The number of aromatic nitrogens is 1. The molecular weight excluding hydrogens is 364 g/mol. The zero-order chi connectivity index (χ0) is 19.8. The van der Waals surface area contributed by atoms with E-state index in [4.69, 9.17) is 19.2 Å². The molecule has 5 nitrogen and oxygen atoms in total. The second-order valence-corrected chi connectivity index (χ2v) is 8.09. The van der Waals surface area contributed by atoms with Gasteiger partial charge in [0.25, 0.3) is 0 Å². The van der Waals surface area contributed by atoms with Crippen LogP contribution in [-0.2, 0) is 13.0 Å². The average Bonchev–Trinajstić information content (AvgIpc) is 3.10. The van der Waals surface area contributed by atoms with E-state index in [-0.39, 0.29) is 0 Å². The molecule has 0 saturated carbocycles. The highest BCUT2D eigenvalue weighted by Gasteiger charge is 2.19. The fourth-order valence-corrected chi connectivity index (χ4v) is 4.12. The lowest BCUT2D eigenvalue weighted by Gasteiger charge is -2.19. The number of rotatable bonds is 4. The molecule has 0 fully saturated rings. The lowest BCUT2D eigenvalue weighted by Crippen LogP contribution is -2.27. The van der Waals surface area contributed by atoms with Crippen molar-refractivity contribution in [3.8, 4) is 17.4 Å². The van der Waals surface area contributed by atoms with Crippen LogP contribution in [0.15, 0.2) is 42.5 Å². The Hall–Kier alpha value is -2.79. The second-order valence-electron chi connectivity index (χ2n) is 8.09. The van der Waals surface area contributed by atoms with Crippen molar-refractivity contribution < 1.29 is 14.2 Å². The second kappa shape index (κ2) is 7.56. The minimum absolute atomic E-state index is 0.318. The summed E-state index contributed by atoms with van der Waals surface area (Å²) in [5.41, 5.74) is 4.77. The summed E-state index contributed by atoms with van der Waals surface area (Å²) in [7, 11) is 0. The van der Waals surface area contributed by atoms with Crippen LogP contribution in [0.25, 0.3) is 10.9 Å². The molecule has 0 radical (unpaired) electrons. The summed E-state index contributed by atoms with van der Waals surface area (Å²) in [6.07, 6.45) is 0.963. The Morgan fingerprint density at radius 2 is 1.93 bits per heavy atom. The van der Waals surface area contributed by atoms with Crippen molar-refractivity contribution in [2.24, 2.45) is 0 Å². The first-order chi connectivity index (χ1) is 14.2. The minimum Gasteiger partial charge on any atom is -0.476 e. The van der Waals surface area contributed by atoms with Crippen LogP contribution in [0.4, 0.5) is 0 Å². The summed E-state index contributed by atoms with van der Waals surface area (Å²) in [5, 5.41) is 1.19. The van der Waals surface area contributed by atoms with Crippen molar-refractivity contribution in [1.29, 1.82) is 0 Å². The van der Waals surface area contributed by atoms with Gasteiger partial charge >= 0.3 is 0 Å². The number of fused-ring (bicyclic) bond motifs is 3. The summed E-state index contributed by atoms with van der Waals surface area (Å²) in [6, 6.07) is 14.9. The van der Waals surface area contributed by atoms with Crippen LogP contribution in [-0.4, -0.2) is 36.4 Å². The number of pyridine rings is 1.